The largest absolute Gasteiger partial charge is 0.468 e. The average Bonchev–Trinajstić information content (AvgIpc) is 3.18. The van der Waals surface area contributed by atoms with Crippen LogP contribution in [-0.4, -0.2) is 31.4 Å². The van der Waals surface area contributed by atoms with E-state index in [0.29, 0.717) is 49.0 Å². The van der Waals surface area contributed by atoms with E-state index in [1.165, 1.54) is 44.9 Å². The monoisotopic (exact) mass is 474 g/mol. The van der Waals surface area contributed by atoms with Gasteiger partial charge in [0.2, 0.25) is 0 Å². The lowest BCUT2D eigenvalue weighted by molar-refractivity contribution is -0.151. The smallest absolute Gasteiger partial charge is 0.293 e. The Kier molecular flexibility index (Phi) is 7.79. The molecule has 4 aliphatic rings. The highest BCUT2D eigenvalue weighted by atomic mass is 16.5. The summed E-state index contributed by atoms with van der Waals surface area (Å²) < 4.78 is 10.3. The van der Waals surface area contributed by atoms with E-state index in [2.05, 4.69) is 20.8 Å². The van der Waals surface area contributed by atoms with E-state index in [-0.39, 0.29) is 23.4 Å². The highest BCUT2D eigenvalue weighted by Gasteiger charge is 2.61. The normalized spacial score (nSPS) is 42.9. The topological polar surface area (TPSA) is 69.7 Å². The number of carbonyl (C=O) groups is 3. The molecule has 0 aromatic heterocycles. The molecule has 0 radical (unpaired) electrons. The maximum Gasteiger partial charge on any atom is 0.293 e. The molecule has 5 nitrogen and oxygen atoms in total. The second-order valence-corrected chi connectivity index (χ2v) is 12.8. The molecule has 4 saturated carbocycles. The second-order valence-electron chi connectivity index (χ2n) is 12.8. The van der Waals surface area contributed by atoms with Gasteiger partial charge in [-0.05, 0) is 111 Å². The molecule has 0 aliphatic heterocycles. The lowest BCUT2D eigenvalue weighted by atomic mass is 9.44. The van der Waals surface area contributed by atoms with Crippen molar-refractivity contribution in [2.24, 2.45) is 52.3 Å². The van der Waals surface area contributed by atoms with E-state index in [4.69, 9.17) is 9.47 Å². The number of hydrogen-bond acceptors (Lipinski definition) is 5. The van der Waals surface area contributed by atoms with E-state index in [9.17, 15) is 14.4 Å². The lowest BCUT2D eigenvalue weighted by Gasteiger charge is -2.61. The van der Waals surface area contributed by atoms with Gasteiger partial charge in [-0.3, -0.25) is 14.4 Å². The predicted octanol–water partition coefficient (Wildman–Crippen LogP) is 5.98. The van der Waals surface area contributed by atoms with Gasteiger partial charge < -0.3 is 9.47 Å². The van der Waals surface area contributed by atoms with E-state index >= 15 is 0 Å². The molecule has 0 aromatic carbocycles. The maximum atomic E-state index is 13.2. The maximum absolute atomic E-state index is 13.2. The van der Waals surface area contributed by atoms with Gasteiger partial charge in [-0.15, -0.1) is 0 Å². The van der Waals surface area contributed by atoms with E-state index in [1.54, 1.807) is 0 Å². The van der Waals surface area contributed by atoms with Crippen LogP contribution in [0.2, 0.25) is 0 Å². The van der Waals surface area contributed by atoms with Crippen LogP contribution in [0.1, 0.15) is 98.3 Å². The Morgan fingerprint density at radius 3 is 2.41 bits per heavy atom. The van der Waals surface area contributed by atoms with Crippen LogP contribution in [0.15, 0.2) is 0 Å². The van der Waals surface area contributed by atoms with Gasteiger partial charge >= 0.3 is 0 Å². The van der Waals surface area contributed by atoms with Crippen molar-refractivity contribution in [3.8, 4) is 0 Å². The minimum absolute atomic E-state index is 0.119. The van der Waals surface area contributed by atoms with Crippen LogP contribution in [0.4, 0.5) is 0 Å². The Morgan fingerprint density at radius 1 is 0.941 bits per heavy atom. The predicted molar refractivity (Wildman–Crippen MR) is 131 cm³/mol. The quantitative estimate of drug-likeness (QED) is 0.364. The Morgan fingerprint density at radius 2 is 1.68 bits per heavy atom. The third kappa shape index (κ3) is 4.57. The van der Waals surface area contributed by atoms with E-state index in [0.717, 1.165) is 37.0 Å². The number of fused-ring (bicyclic) bond motifs is 5. The Balaban J connectivity index is 1.40. The number of hydrogen-bond donors (Lipinski definition) is 0. The zero-order valence-electron chi connectivity index (χ0n) is 21.8. The number of ketones is 1. The van der Waals surface area contributed by atoms with Crippen molar-refractivity contribution in [2.75, 3.05) is 6.61 Å². The zero-order chi connectivity index (χ0) is 24.5. The van der Waals surface area contributed by atoms with Crippen molar-refractivity contribution >= 4 is 18.7 Å². The molecule has 0 bridgehead atoms. The summed E-state index contributed by atoms with van der Waals surface area (Å²) >= 11 is 0. The molecule has 192 valence electrons. The van der Waals surface area contributed by atoms with Crippen molar-refractivity contribution in [3.05, 3.63) is 0 Å². The molecule has 10 unspecified atom stereocenters. The minimum atomic E-state index is 0.119. The van der Waals surface area contributed by atoms with Gasteiger partial charge in [0.05, 0.1) is 6.61 Å². The summed E-state index contributed by atoms with van der Waals surface area (Å²) in [5, 5.41) is 0. The first kappa shape index (κ1) is 25.7. The molecule has 0 N–H and O–H groups in total. The number of carbonyl (C=O) groups excluding carboxylic acids is 3. The van der Waals surface area contributed by atoms with Crippen molar-refractivity contribution in [2.45, 2.75) is 104 Å². The third-order valence-electron chi connectivity index (χ3n) is 11.4. The summed E-state index contributed by atoms with van der Waals surface area (Å²) in [4.78, 5) is 34.5. The Hall–Kier alpha value is -1.39. The standard InChI is InChI=1S/C29H46O5/c1-19(16-33-17-30)5-10-27(32)20(2)24-8-9-25-23-7-6-21-15-22(34-18-31)11-13-28(21,3)26(23)12-14-29(24,25)4/h17-26H,5-16H2,1-4H3. The van der Waals surface area contributed by atoms with Crippen LogP contribution in [0, 0.1) is 52.3 Å². The van der Waals surface area contributed by atoms with Gasteiger partial charge in [0.15, 0.2) is 0 Å². The average molecular weight is 475 g/mol. The van der Waals surface area contributed by atoms with Gasteiger partial charge in [0, 0.05) is 12.3 Å². The van der Waals surface area contributed by atoms with Crippen molar-refractivity contribution in [3.63, 3.8) is 0 Å². The Bertz CT molecular complexity index is 751. The van der Waals surface area contributed by atoms with Gasteiger partial charge in [-0.1, -0.05) is 27.7 Å². The molecular formula is C29H46O5. The fraction of sp³-hybridized carbons (Fsp3) is 0.897. The summed E-state index contributed by atoms with van der Waals surface area (Å²) in [6.07, 6.45) is 12.3. The number of ether oxygens (including phenoxy) is 2. The highest BCUT2D eigenvalue weighted by molar-refractivity contribution is 5.81. The fourth-order valence-corrected chi connectivity index (χ4v) is 9.41. The third-order valence-corrected chi connectivity index (χ3v) is 11.4. The summed E-state index contributed by atoms with van der Waals surface area (Å²) in [6.45, 7) is 10.8. The number of rotatable bonds is 10. The molecule has 10 atom stereocenters. The summed E-state index contributed by atoms with van der Waals surface area (Å²) in [6, 6.07) is 0. The molecule has 0 heterocycles. The first-order valence-electron chi connectivity index (χ1n) is 13.9. The minimum Gasteiger partial charge on any atom is -0.468 e. The van der Waals surface area contributed by atoms with Crippen LogP contribution >= 0.6 is 0 Å². The van der Waals surface area contributed by atoms with Gasteiger partial charge in [-0.2, -0.15) is 0 Å². The highest BCUT2D eigenvalue weighted by Crippen LogP contribution is 2.68. The second kappa shape index (κ2) is 10.3. The lowest BCUT2D eigenvalue weighted by Crippen LogP contribution is -2.54. The van der Waals surface area contributed by atoms with Gasteiger partial charge in [0.1, 0.15) is 11.9 Å². The van der Waals surface area contributed by atoms with Gasteiger partial charge in [0.25, 0.3) is 12.9 Å². The molecular weight excluding hydrogens is 428 g/mol. The van der Waals surface area contributed by atoms with Crippen molar-refractivity contribution < 1.29 is 23.9 Å². The van der Waals surface area contributed by atoms with Crippen molar-refractivity contribution in [1.82, 2.24) is 0 Å². The zero-order valence-corrected chi connectivity index (χ0v) is 21.8. The first-order chi connectivity index (χ1) is 16.2. The molecule has 0 aromatic rings. The van der Waals surface area contributed by atoms with Crippen LogP contribution < -0.4 is 0 Å². The molecule has 0 spiro atoms. The van der Waals surface area contributed by atoms with Crippen LogP contribution in [0.25, 0.3) is 0 Å². The van der Waals surface area contributed by atoms with E-state index < -0.39 is 0 Å². The molecule has 0 amide bonds. The Labute approximate surface area is 206 Å². The molecule has 5 heteroatoms. The van der Waals surface area contributed by atoms with Crippen LogP contribution in [-0.2, 0) is 23.9 Å². The first-order valence-corrected chi connectivity index (χ1v) is 13.9. The fourth-order valence-electron chi connectivity index (χ4n) is 9.41. The summed E-state index contributed by atoms with van der Waals surface area (Å²) in [5.41, 5.74) is 0.662. The van der Waals surface area contributed by atoms with Gasteiger partial charge in [-0.25, -0.2) is 0 Å². The van der Waals surface area contributed by atoms with Crippen LogP contribution in [0.5, 0.6) is 0 Å². The molecule has 4 rings (SSSR count). The molecule has 0 saturated heterocycles. The van der Waals surface area contributed by atoms with E-state index in [1.807, 2.05) is 6.92 Å². The van der Waals surface area contributed by atoms with Crippen molar-refractivity contribution in [1.29, 1.82) is 0 Å². The molecule has 4 fully saturated rings. The molecule has 4 aliphatic carbocycles. The number of Topliss-reactive ketones (excluding diaryl/α,β-unsaturated/α-hetero) is 1. The molecule has 34 heavy (non-hydrogen) atoms. The SMILES string of the molecule is CC(CCC(=O)C(C)C1CCC2C3CCC4CC(OC=O)CCC4(C)C3CCC12C)COC=O. The summed E-state index contributed by atoms with van der Waals surface area (Å²) in [7, 11) is 0. The van der Waals surface area contributed by atoms with Crippen LogP contribution in [0.3, 0.4) is 0 Å². The summed E-state index contributed by atoms with van der Waals surface area (Å²) in [5.74, 6) is 4.24.